The molecule has 0 saturated carbocycles. The highest BCUT2D eigenvalue weighted by Gasteiger charge is 2.36. The second-order valence-corrected chi connectivity index (χ2v) is 10.1. The Labute approximate surface area is 175 Å². The molecule has 30 heavy (non-hydrogen) atoms. The molecule has 1 fully saturated rings. The maximum absolute atomic E-state index is 13.4. The maximum Gasteiger partial charge on any atom is 0.290 e. The Morgan fingerprint density at radius 1 is 1.13 bits per heavy atom. The van der Waals surface area contributed by atoms with Gasteiger partial charge in [0, 0.05) is 18.7 Å². The Morgan fingerprint density at radius 2 is 1.87 bits per heavy atom. The smallest absolute Gasteiger partial charge is 0.290 e. The van der Waals surface area contributed by atoms with Crippen LogP contribution in [0.3, 0.4) is 0 Å². The van der Waals surface area contributed by atoms with Crippen molar-refractivity contribution in [2.75, 3.05) is 11.5 Å². The summed E-state index contributed by atoms with van der Waals surface area (Å²) in [6.07, 6.45) is 0.372. The molecule has 6 nitrogen and oxygen atoms in total. The molecule has 1 amide bonds. The predicted molar refractivity (Wildman–Crippen MR) is 115 cm³/mol. The van der Waals surface area contributed by atoms with Crippen LogP contribution in [0, 0.1) is 13.8 Å². The molecule has 2 aromatic carbocycles. The Morgan fingerprint density at radius 3 is 2.53 bits per heavy atom. The average Bonchev–Trinajstić information content (AvgIpc) is 3.05. The molecule has 1 aliphatic heterocycles. The summed E-state index contributed by atoms with van der Waals surface area (Å²) in [6, 6.07) is 13.8. The van der Waals surface area contributed by atoms with Gasteiger partial charge in [-0.2, -0.15) is 0 Å². The number of nitrogens with zero attached hydrogens (tertiary/aromatic N) is 1. The minimum atomic E-state index is -3.19. The van der Waals surface area contributed by atoms with Gasteiger partial charge in [-0.25, -0.2) is 8.42 Å². The van der Waals surface area contributed by atoms with Crippen LogP contribution in [0.15, 0.2) is 57.7 Å². The minimum absolute atomic E-state index is 0.0519. The molecule has 4 rings (SSSR count). The molecule has 0 spiro atoms. The molecule has 0 radical (unpaired) electrons. The second kappa shape index (κ2) is 7.72. The van der Waals surface area contributed by atoms with E-state index in [0.29, 0.717) is 17.4 Å². The number of sulfone groups is 1. The van der Waals surface area contributed by atoms with Crippen molar-refractivity contribution in [2.45, 2.75) is 32.9 Å². The summed E-state index contributed by atoms with van der Waals surface area (Å²) >= 11 is 0. The molecular weight excluding hydrogens is 402 g/mol. The van der Waals surface area contributed by atoms with E-state index in [2.05, 4.69) is 0 Å². The van der Waals surface area contributed by atoms with Crippen molar-refractivity contribution in [3.63, 3.8) is 0 Å². The van der Waals surface area contributed by atoms with Crippen LogP contribution >= 0.6 is 0 Å². The standard InChI is InChI=1S/C23H23NO5S/c1-15-10-16(2)22-19(25)12-21(29-20(22)11-15)23(26)24(13-17-6-4-3-5-7-17)18-8-9-30(27,28)14-18/h3-7,10-12,18H,8-9,13-14H2,1-2H3. The largest absolute Gasteiger partial charge is 0.451 e. The Balaban J connectivity index is 1.77. The molecule has 3 aromatic rings. The minimum Gasteiger partial charge on any atom is -0.451 e. The van der Waals surface area contributed by atoms with E-state index >= 15 is 0 Å². The summed E-state index contributed by atoms with van der Waals surface area (Å²) in [4.78, 5) is 27.6. The van der Waals surface area contributed by atoms with E-state index in [0.717, 1.165) is 16.7 Å². The molecule has 0 bridgehead atoms. The van der Waals surface area contributed by atoms with E-state index in [1.54, 1.807) is 6.07 Å². The van der Waals surface area contributed by atoms with Crippen molar-refractivity contribution in [2.24, 2.45) is 0 Å². The van der Waals surface area contributed by atoms with Gasteiger partial charge in [-0.1, -0.05) is 36.4 Å². The van der Waals surface area contributed by atoms with Gasteiger partial charge in [-0.3, -0.25) is 9.59 Å². The van der Waals surface area contributed by atoms with E-state index in [1.165, 1.54) is 11.0 Å². The zero-order valence-electron chi connectivity index (χ0n) is 16.9. The Kier molecular flexibility index (Phi) is 5.24. The highest BCUT2D eigenvalue weighted by Crippen LogP contribution is 2.24. The summed E-state index contributed by atoms with van der Waals surface area (Å²) < 4.78 is 30.0. The number of carbonyl (C=O) groups is 1. The van der Waals surface area contributed by atoms with E-state index in [4.69, 9.17) is 4.42 Å². The van der Waals surface area contributed by atoms with E-state index in [-0.39, 0.29) is 29.2 Å². The number of carbonyl (C=O) groups excluding carboxylic acids is 1. The Bertz CT molecular complexity index is 1280. The molecule has 1 saturated heterocycles. The lowest BCUT2D eigenvalue weighted by molar-refractivity contribution is 0.0648. The summed E-state index contributed by atoms with van der Waals surface area (Å²) in [5.41, 5.74) is 2.68. The monoisotopic (exact) mass is 425 g/mol. The van der Waals surface area contributed by atoms with Crippen LogP contribution in [0.25, 0.3) is 11.0 Å². The molecule has 2 heterocycles. The van der Waals surface area contributed by atoms with Crippen LogP contribution in [0.4, 0.5) is 0 Å². The SMILES string of the molecule is Cc1cc(C)c2c(=O)cc(C(=O)N(Cc3ccccc3)C3CCS(=O)(=O)C3)oc2c1. The number of hydrogen-bond acceptors (Lipinski definition) is 5. The number of fused-ring (bicyclic) bond motifs is 1. The van der Waals surface area contributed by atoms with Crippen LogP contribution in [0.1, 0.15) is 33.7 Å². The number of hydrogen-bond donors (Lipinski definition) is 0. The lowest BCUT2D eigenvalue weighted by Gasteiger charge is -2.28. The van der Waals surface area contributed by atoms with Crippen LogP contribution < -0.4 is 5.43 Å². The van der Waals surface area contributed by atoms with Gasteiger partial charge >= 0.3 is 0 Å². The van der Waals surface area contributed by atoms with E-state index < -0.39 is 21.8 Å². The van der Waals surface area contributed by atoms with E-state index in [9.17, 15) is 18.0 Å². The first-order valence-electron chi connectivity index (χ1n) is 9.84. The highest BCUT2D eigenvalue weighted by atomic mass is 32.2. The third-order valence-electron chi connectivity index (χ3n) is 5.49. The first-order valence-corrected chi connectivity index (χ1v) is 11.7. The van der Waals surface area contributed by atoms with Crippen molar-refractivity contribution in [3.05, 3.63) is 81.2 Å². The Hall–Kier alpha value is -2.93. The molecule has 1 aliphatic rings. The fraction of sp³-hybridized carbons (Fsp3) is 0.304. The summed E-state index contributed by atoms with van der Waals surface area (Å²) in [5, 5.41) is 0.454. The first kappa shape index (κ1) is 20.3. The number of amides is 1. The molecule has 7 heteroatoms. The van der Waals surface area contributed by atoms with Gasteiger partial charge in [0.1, 0.15) is 5.58 Å². The fourth-order valence-electron chi connectivity index (χ4n) is 4.08. The van der Waals surface area contributed by atoms with Gasteiger partial charge in [-0.05, 0) is 43.0 Å². The molecular formula is C23H23NO5S. The molecule has 0 aliphatic carbocycles. The third-order valence-corrected chi connectivity index (χ3v) is 7.24. The lowest BCUT2D eigenvalue weighted by Crippen LogP contribution is -2.40. The number of aryl methyl sites for hydroxylation is 2. The molecule has 156 valence electrons. The van der Waals surface area contributed by atoms with E-state index in [1.807, 2.05) is 50.2 Å². The van der Waals surface area contributed by atoms with Gasteiger partial charge in [0.15, 0.2) is 21.0 Å². The number of benzene rings is 2. The summed E-state index contributed by atoms with van der Waals surface area (Å²) in [6.45, 7) is 3.97. The number of rotatable bonds is 4. The maximum atomic E-state index is 13.4. The summed E-state index contributed by atoms with van der Waals surface area (Å²) in [7, 11) is -3.19. The van der Waals surface area contributed by atoms with Gasteiger partial charge in [0.05, 0.1) is 16.9 Å². The van der Waals surface area contributed by atoms with Gasteiger partial charge in [0.2, 0.25) is 0 Å². The van der Waals surface area contributed by atoms with Crippen LogP contribution in [-0.2, 0) is 16.4 Å². The summed E-state index contributed by atoms with van der Waals surface area (Å²) in [5.74, 6) is -0.574. The van der Waals surface area contributed by atoms with Crippen LogP contribution in [0.2, 0.25) is 0 Å². The first-order chi connectivity index (χ1) is 14.2. The normalized spacial score (nSPS) is 17.9. The lowest BCUT2D eigenvalue weighted by atomic mass is 10.1. The molecule has 0 N–H and O–H groups in total. The van der Waals surface area contributed by atoms with Gasteiger partial charge in [-0.15, -0.1) is 0 Å². The average molecular weight is 426 g/mol. The van der Waals surface area contributed by atoms with Gasteiger partial charge in [0.25, 0.3) is 5.91 Å². The van der Waals surface area contributed by atoms with Crippen LogP contribution in [-0.4, -0.2) is 36.8 Å². The fourth-order valence-corrected chi connectivity index (χ4v) is 5.81. The van der Waals surface area contributed by atoms with Crippen molar-refractivity contribution >= 4 is 26.7 Å². The van der Waals surface area contributed by atoms with Crippen LogP contribution in [0.5, 0.6) is 0 Å². The van der Waals surface area contributed by atoms with Gasteiger partial charge < -0.3 is 9.32 Å². The van der Waals surface area contributed by atoms with Crippen molar-refractivity contribution in [3.8, 4) is 0 Å². The molecule has 1 unspecified atom stereocenters. The zero-order valence-corrected chi connectivity index (χ0v) is 17.7. The zero-order chi connectivity index (χ0) is 21.5. The van der Waals surface area contributed by atoms with Crippen molar-refractivity contribution in [1.29, 1.82) is 0 Å². The quantitative estimate of drug-likeness (QED) is 0.641. The highest BCUT2D eigenvalue weighted by molar-refractivity contribution is 7.91. The third kappa shape index (κ3) is 4.03. The predicted octanol–water partition coefficient (Wildman–Crippen LogP) is 3.24. The molecule has 1 atom stereocenters. The topological polar surface area (TPSA) is 84.7 Å². The van der Waals surface area contributed by atoms with Crippen molar-refractivity contribution in [1.82, 2.24) is 4.90 Å². The van der Waals surface area contributed by atoms with Crippen molar-refractivity contribution < 1.29 is 17.6 Å². The molecule has 1 aromatic heterocycles. The second-order valence-electron chi connectivity index (χ2n) is 7.91.